The molecule has 0 heterocycles. The minimum Gasteiger partial charge on any atom is -0.462 e. The van der Waals surface area contributed by atoms with Crippen LogP contribution in [0.1, 0.15) is 226 Å². The zero-order chi connectivity index (χ0) is 32.2. The van der Waals surface area contributed by atoms with Crippen molar-refractivity contribution in [1.29, 1.82) is 0 Å². The van der Waals surface area contributed by atoms with Crippen molar-refractivity contribution in [2.75, 3.05) is 6.61 Å². The zero-order valence-corrected chi connectivity index (χ0v) is 30.5. The molecule has 0 rings (SSSR count). The summed E-state index contributed by atoms with van der Waals surface area (Å²) in [5, 5.41) is 0. The third-order valence-electron chi connectivity index (χ3n) is 9.23. The van der Waals surface area contributed by atoms with Crippen molar-refractivity contribution in [2.24, 2.45) is 0 Å². The van der Waals surface area contributed by atoms with E-state index in [2.05, 4.69) is 27.4 Å². The predicted octanol–water partition coefficient (Wildman–Crippen LogP) is 14.0. The highest BCUT2D eigenvalue weighted by Crippen LogP contribution is 2.19. The second kappa shape index (κ2) is 36.6. The molecular formula is C41H80O3. The molecule has 44 heavy (non-hydrogen) atoms. The summed E-state index contributed by atoms with van der Waals surface area (Å²) < 4.78 is 12.3. The Bertz CT molecular complexity index is 574. The predicted molar refractivity (Wildman–Crippen MR) is 195 cm³/mol. The van der Waals surface area contributed by atoms with Crippen LogP contribution in [0.15, 0.2) is 12.7 Å². The van der Waals surface area contributed by atoms with E-state index < -0.39 is 0 Å². The molecule has 0 aromatic heterocycles. The Morgan fingerprint density at radius 3 is 1.23 bits per heavy atom. The smallest absolute Gasteiger partial charge is 0.308 e. The van der Waals surface area contributed by atoms with Gasteiger partial charge in [-0.1, -0.05) is 194 Å². The van der Waals surface area contributed by atoms with Crippen LogP contribution in [0.3, 0.4) is 0 Å². The highest BCUT2D eigenvalue weighted by molar-refractivity contribution is 5.70. The molecule has 0 aliphatic heterocycles. The van der Waals surface area contributed by atoms with Gasteiger partial charge in [-0.25, -0.2) is 0 Å². The lowest BCUT2D eigenvalue weighted by molar-refractivity contribution is -0.152. The van der Waals surface area contributed by atoms with Gasteiger partial charge in [0.05, 0.1) is 12.5 Å². The van der Waals surface area contributed by atoms with E-state index in [9.17, 15) is 4.79 Å². The van der Waals surface area contributed by atoms with Crippen LogP contribution in [0, 0.1) is 0 Å². The first-order valence-corrected chi connectivity index (χ1v) is 20.1. The Balaban J connectivity index is 4.39. The molecule has 0 saturated heterocycles. The molecule has 2 atom stereocenters. The summed E-state index contributed by atoms with van der Waals surface area (Å²) in [5.41, 5.74) is 0. The lowest BCUT2D eigenvalue weighted by Crippen LogP contribution is -2.24. The Hall–Kier alpha value is -0.830. The van der Waals surface area contributed by atoms with Gasteiger partial charge in [0.25, 0.3) is 0 Å². The first-order valence-electron chi connectivity index (χ1n) is 20.1. The molecular weight excluding hydrogens is 540 g/mol. The molecule has 0 unspecified atom stereocenters. The molecule has 0 fully saturated rings. The Morgan fingerprint density at radius 1 is 0.500 bits per heavy atom. The number of hydrogen-bond donors (Lipinski definition) is 0. The van der Waals surface area contributed by atoms with Crippen molar-refractivity contribution in [3.8, 4) is 0 Å². The SMILES string of the molecule is C=CC[C@@H](CCCCCCCCCCC)OC(=O)C[C@@H](CCCCCCCCCCC)OCCCCCCCCCCCC. The molecule has 0 aromatic carbocycles. The first kappa shape index (κ1) is 43.2. The minimum absolute atomic E-state index is 0.00251. The van der Waals surface area contributed by atoms with Gasteiger partial charge < -0.3 is 9.47 Å². The largest absolute Gasteiger partial charge is 0.462 e. The lowest BCUT2D eigenvalue weighted by atomic mass is 10.0. The molecule has 0 N–H and O–H groups in total. The Kier molecular flexibility index (Phi) is 35.9. The molecule has 0 saturated carbocycles. The van der Waals surface area contributed by atoms with Crippen LogP contribution < -0.4 is 0 Å². The molecule has 3 nitrogen and oxygen atoms in total. The normalized spacial score (nSPS) is 12.8. The van der Waals surface area contributed by atoms with Crippen molar-refractivity contribution in [3.63, 3.8) is 0 Å². The monoisotopic (exact) mass is 621 g/mol. The van der Waals surface area contributed by atoms with Gasteiger partial charge in [0, 0.05) is 13.0 Å². The maximum Gasteiger partial charge on any atom is 0.308 e. The van der Waals surface area contributed by atoms with Crippen molar-refractivity contribution < 1.29 is 14.3 Å². The quantitative estimate of drug-likeness (QED) is 0.0394. The van der Waals surface area contributed by atoms with Gasteiger partial charge in [0.15, 0.2) is 0 Å². The summed E-state index contributed by atoms with van der Waals surface area (Å²) in [6.45, 7) is 11.5. The van der Waals surface area contributed by atoms with Crippen LogP contribution in [0.2, 0.25) is 0 Å². The van der Waals surface area contributed by atoms with Crippen LogP contribution >= 0.6 is 0 Å². The second-order valence-corrected chi connectivity index (χ2v) is 13.7. The summed E-state index contributed by atoms with van der Waals surface area (Å²) in [6, 6.07) is 0. The van der Waals surface area contributed by atoms with E-state index >= 15 is 0 Å². The second-order valence-electron chi connectivity index (χ2n) is 13.7. The van der Waals surface area contributed by atoms with Gasteiger partial charge in [0.1, 0.15) is 6.10 Å². The summed E-state index contributed by atoms with van der Waals surface area (Å²) >= 11 is 0. The molecule has 262 valence electrons. The number of carbonyl (C=O) groups is 1. The van der Waals surface area contributed by atoms with Crippen molar-refractivity contribution in [3.05, 3.63) is 12.7 Å². The van der Waals surface area contributed by atoms with Crippen LogP contribution in [0.5, 0.6) is 0 Å². The van der Waals surface area contributed by atoms with Gasteiger partial charge in [-0.3, -0.25) is 4.79 Å². The molecule has 0 aromatic rings. The maximum absolute atomic E-state index is 13.0. The fourth-order valence-electron chi connectivity index (χ4n) is 6.28. The summed E-state index contributed by atoms with van der Waals surface area (Å²) in [4.78, 5) is 13.0. The molecule has 0 radical (unpaired) electrons. The van der Waals surface area contributed by atoms with E-state index in [0.717, 1.165) is 45.1 Å². The maximum atomic E-state index is 13.0. The summed E-state index contributed by atoms with van der Waals surface area (Å²) in [6.07, 6.45) is 42.0. The highest BCUT2D eigenvalue weighted by Gasteiger charge is 2.19. The Morgan fingerprint density at radius 2 is 0.841 bits per heavy atom. The van der Waals surface area contributed by atoms with Crippen molar-refractivity contribution in [2.45, 2.75) is 238 Å². The standard InChI is InChI=1S/C41H80O3/c1-5-9-12-15-18-21-24-27-30-33-37-43-40(36-32-29-26-23-20-17-14-11-7-3)38-41(42)44-39(34-8-4)35-31-28-25-22-19-16-13-10-6-2/h8,39-40H,4-7,9-38H2,1-3H3/t39-,40+/m0/s1. The molecule has 0 bridgehead atoms. The van der Waals surface area contributed by atoms with Crippen LogP contribution in [0.25, 0.3) is 0 Å². The van der Waals surface area contributed by atoms with E-state index in [-0.39, 0.29) is 18.2 Å². The Labute approximate surface area is 277 Å². The van der Waals surface area contributed by atoms with Gasteiger partial charge in [-0.15, -0.1) is 6.58 Å². The number of hydrogen-bond acceptors (Lipinski definition) is 3. The fourth-order valence-corrected chi connectivity index (χ4v) is 6.28. The van der Waals surface area contributed by atoms with Crippen LogP contribution in [-0.2, 0) is 14.3 Å². The van der Waals surface area contributed by atoms with Crippen LogP contribution in [-0.4, -0.2) is 24.8 Å². The fraction of sp³-hybridized carbons (Fsp3) is 0.927. The lowest BCUT2D eigenvalue weighted by Gasteiger charge is -2.21. The average Bonchev–Trinajstić information content (AvgIpc) is 3.01. The highest BCUT2D eigenvalue weighted by atomic mass is 16.5. The van der Waals surface area contributed by atoms with Gasteiger partial charge in [0.2, 0.25) is 0 Å². The number of carbonyl (C=O) groups excluding carboxylic acids is 1. The molecule has 0 aliphatic rings. The first-order chi connectivity index (χ1) is 21.7. The molecule has 0 amide bonds. The van der Waals surface area contributed by atoms with Crippen molar-refractivity contribution >= 4 is 5.97 Å². The molecule has 0 aliphatic carbocycles. The van der Waals surface area contributed by atoms with E-state index in [1.807, 2.05) is 6.08 Å². The number of rotatable bonds is 37. The van der Waals surface area contributed by atoms with E-state index in [1.54, 1.807) is 0 Å². The molecule has 0 spiro atoms. The summed E-state index contributed by atoms with van der Waals surface area (Å²) in [5.74, 6) is -0.0724. The third kappa shape index (κ3) is 32.6. The zero-order valence-electron chi connectivity index (χ0n) is 30.5. The topological polar surface area (TPSA) is 35.5 Å². The van der Waals surface area contributed by atoms with Crippen molar-refractivity contribution in [1.82, 2.24) is 0 Å². The van der Waals surface area contributed by atoms with Gasteiger partial charge >= 0.3 is 5.97 Å². The number of unbranched alkanes of at least 4 members (excludes halogenated alkanes) is 25. The van der Waals surface area contributed by atoms with Gasteiger partial charge in [-0.2, -0.15) is 0 Å². The van der Waals surface area contributed by atoms with E-state index in [0.29, 0.717) is 6.42 Å². The van der Waals surface area contributed by atoms with Crippen LogP contribution in [0.4, 0.5) is 0 Å². The number of esters is 1. The average molecular weight is 621 g/mol. The van der Waals surface area contributed by atoms with E-state index in [1.165, 1.54) is 161 Å². The third-order valence-corrected chi connectivity index (χ3v) is 9.23. The minimum atomic E-state index is -0.0724. The number of ether oxygens (including phenoxy) is 2. The molecule has 3 heteroatoms. The van der Waals surface area contributed by atoms with E-state index in [4.69, 9.17) is 9.47 Å². The van der Waals surface area contributed by atoms with Gasteiger partial charge in [-0.05, 0) is 25.7 Å². The summed E-state index contributed by atoms with van der Waals surface area (Å²) in [7, 11) is 0.